The number of hydrogen-bond donors (Lipinski definition) is 1. The van der Waals surface area contributed by atoms with Gasteiger partial charge in [0, 0.05) is 19.8 Å². The number of methoxy groups -OCH3 is 1. The van der Waals surface area contributed by atoms with Gasteiger partial charge in [-0.25, -0.2) is 0 Å². The molecule has 3 aromatic rings. The number of nitrogens with one attached hydrogen (secondary N) is 1. The molecule has 8 atom stereocenters. The molecule has 4 fully saturated rings. The number of fused-ring (bicyclic) bond motifs is 3. The van der Waals surface area contributed by atoms with Crippen molar-refractivity contribution >= 4 is 17.8 Å². The van der Waals surface area contributed by atoms with Crippen LogP contribution in [0.5, 0.6) is 5.75 Å². The van der Waals surface area contributed by atoms with E-state index in [1.807, 2.05) is 84.9 Å². The van der Waals surface area contributed by atoms with E-state index in [1.54, 1.807) is 7.11 Å². The van der Waals surface area contributed by atoms with E-state index in [4.69, 9.17) is 33.2 Å². The van der Waals surface area contributed by atoms with E-state index >= 15 is 0 Å². The van der Waals surface area contributed by atoms with E-state index in [0.29, 0.717) is 5.75 Å². The van der Waals surface area contributed by atoms with E-state index in [9.17, 15) is 14.4 Å². The number of benzene rings is 3. The van der Waals surface area contributed by atoms with Crippen LogP contribution in [0.2, 0.25) is 0 Å². The summed E-state index contributed by atoms with van der Waals surface area (Å²) >= 11 is 0. The van der Waals surface area contributed by atoms with Gasteiger partial charge < -0.3 is 38.5 Å². The van der Waals surface area contributed by atoms with Crippen LogP contribution in [0.4, 0.5) is 0 Å². The third kappa shape index (κ3) is 6.89. The van der Waals surface area contributed by atoms with E-state index in [2.05, 4.69) is 5.32 Å². The number of rotatable bonds is 12. The zero-order chi connectivity index (χ0) is 33.0. The minimum atomic E-state index is -1.50. The second-order valence-corrected chi connectivity index (χ2v) is 12.0. The molecule has 4 aliphatic rings. The largest absolute Gasteiger partial charge is 0.497 e. The van der Waals surface area contributed by atoms with Crippen molar-refractivity contribution in [1.82, 2.24) is 5.32 Å². The number of carbonyl (C=O) groups excluding carboxylic acids is 3. The summed E-state index contributed by atoms with van der Waals surface area (Å²) in [6.45, 7) is 3.03. The summed E-state index contributed by atoms with van der Waals surface area (Å²) < 4.78 is 43.7. The summed E-state index contributed by atoms with van der Waals surface area (Å²) in [5.74, 6) is -1.42. The Hall–Kier alpha value is -4.29. The van der Waals surface area contributed by atoms with E-state index in [1.165, 1.54) is 13.8 Å². The minimum absolute atomic E-state index is 0.0425. The lowest BCUT2D eigenvalue weighted by molar-refractivity contribution is -0.247. The normalized spacial score (nSPS) is 29.3. The average molecular weight is 646 g/mol. The third-order valence-electron chi connectivity index (χ3n) is 8.90. The van der Waals surface area contributed by atoms with Gasteiger partial charge in [0.2, 0.25) is 5.91 Å². The molecule has 1 aliphatic carbocycles. The maximum absolute atomic E-state index is 13.2. The standard InChI is InChI=1S/C36H39NO10/c1-22(38)37-36-28-18-29(40)46-30(28)31(32(45-23(2)39)33(36)42-19-24-10-6-4-7-11-24)47-35(34(36)43-20-25-12-8-5-9-13-25)44-21-26-14-16-27(41-3)17-15-26/h4-17,28,30-35H,18-21H2,1-3H3,(H,37,38)/t28-,30-,31+,32?,33-,34-,35?,36-/m1/s1. The van der Waals surface area contributed by atoms with Crippen LogP contribution in [-0.2, 0) is 62.6 Å². The Morgan fingerprint density at radius 2 is 1.36 bits per heavy atom. The quantitative estimate of drug-likeness (QED) is 0.290. The highest BCUT2D eigenvalue weighted by Gasteiger charge is 2.73. The summed E-state index contributed by atoms with van der Waals surface area (Å²) in [5.41, 5.74) is 1.06. The summed E-state index contributed by atoms with van der Waals surface area (Å²) in [6.07, 6.45) is -6.17. The van der Waals surface area contributed by atoms with Gasteiger partial charge in [-0.05, 0) is 28.8 Å². The first-order chi connectivity index (χ1) is 22.8. The minimum Gasteiger partial charge on any atom is -0.497 e. The number of ether oxygens (including phenoxy) is 7. The summed E-state index contributed by atoms with van der Waals surface area (Å²) in [5, 5.41) is 3.15. The van der Waals surface area contributed by atoms with Gasteiger partial charge in [-0.15, -0.1) is 0 Å². The summed E-state index contributed by atoms with van der Waals surface area (Å²) in [6, 6.07) is 26.4. The van der Waals surface area contributed by atoms with Crippen molar-refractivity contribution in [1.29, 1.82) is 0 Å². The van der Waals surface area contributed by atoms with Crippen LogP contribution >= 0.6 is 0 Å². The first-order valence-electron chi connectivity index (χ1n) is 15.6. The fraction of sp³-hybridized carbons (Fsp3) is 0.417. The highest BCUT2D eigenvalue weighted by molar-refractivity contribution is 5.76. The monoisotopic (exact) mass is 645 g/mol. The lowest BCUT2D eigenvalue weighted by Gasteiger charge is -2.53. The predicted molar refractivity (Wildman–Crippen MR) is 167 cm³/mol. The molecule has 1 saturated carbocycles. The number of esters is 2. The van der Waals surface area contributed by atoms with Gasteiger partial charge in [-0.2, -0.15) is 0 Å². The molecule has 11 nitrogen and oxygen atoms in total. The molecule has 3 aromatic carbocycles. The molecular weight excluding hydrogens is 606 g/mol. The van der Waals surface area contributed by atoms with Crippen molar-refractivity contribution in [3.63, 3.8) is 0 Å². The second kappa shape index (κ2) is 14.2. The number of carbonyl (C=O) groups is 3. The lowest BCUT2D eigenvalue weighted by Crippen LogP contribution is -2.77. The van der Waals surface area contributed by atoms with E-state index < -0.39 is 66.1 Å². The van der Waals surface area contributed by atoms with Crippen LogP contribution in [0.15, 0.2) is 84.9 Å². The van der Waals surface area contributed by atoms with Crippen molar-refractivity contribution in [2.75, 3.05) is 7.11 Å². The average Bonchev–Trinajstić information content (AvgIpc) is 3.39. The molecule has 3 aliphatic heterocycles. The van der Waals surface area contributed by atoms with Crippen molar-refractivity contribution < 1.29 is 47.5 Å². The fourth-order valence-corrected chi connectivity index (χ4v) is 6.99. The van der Waals surface area contributed by atoms with Gasteiger partial charge in [0.25, 0.3) is 0 Å². The van der Waals surface area contributed by atoms with E-state index in [-0.39, 0.29) is 26.2 Å². The molecule has 7 rings (SSSR count). The molecule has 2 bridgehead atoms. The van der Waals surface area contributed by atoms with E-state index in [0.717, 1.165) is 16.7 Å². The maximum atomic E-state index is 13.2. The predicted octanol–water partition coefficient (Wildman–Crippen LogP) is 3.86. The van der Waals surface area contributed by atoms with Gasteiger partial charge in [0.05, 0.1) is 33.4 Å². The molecule has 3 heterocycles. The van der Waals surface area contributed by atoms with Gasteiger partial charge in [0.15, 0.2) is 12.4 Å². The number of amides is 1. The zero-order valence-electron chi connectivity index (χ0n) is 26.5. The van der Waals surface area contributed by atoms with Crippen LogP contribution in [0, 0.1) is 5.92 Å². The van der Waals surface area contributed by atoms with Gasteiger partial charge in [-0.3, -0.25) is 14.4 Å². The topological polar surface area (TPSA) is 128 Å². The van der Waals surface area contributed by atoms with Crippen molar-refractivity contribution in [3.05, 3.63) is 102 Å². The molecule has 3 saturated heterocycles. The summed E-state index contributed by atoms with van der Waals surface area (Å²) in [4.78, 5) is 38.9. The highest BCUT2D eigenvalue weighted by Crippen LogP contribution is 2.52. The number of hydrogen-bond acceptors (Lipinski definition) is 10. The van der Waals surface area contributed by atoms with Gasteiger partial charge in [0.1, 0.15) is 35.7 Å². The Morgan fingerprint density at radius 1 is 0.787 bits per heavy atom. The smallest absolute Gasteiger partial charge is 0.306 e. The molecule has 248 valence electrons. The molecule has 1 N–H and O–H groups in total. The summed E-state index contributed by atoms with van der Waals surface area (Å²) in [7, 11) is 1.59. The Morgan fingerprint density at radius 3 is 1.94 bits per heavy atom. The van der Waals surface area contributed by atoms with Crippen LogP contribution in [-0.4, -0.2) is 67.3 Å². The molecular formula is C36H39NO10. The van der Waals surface area contributed by atoms with Gasteiger partial charge >= 0.3 is 11.9 Å². The molecule has 0 radical (unpaired) electrons. The Kier molecular flexibility index (Phi) is 9.88. The van der Waals surface area contributed by atoms with Crippen LogP contribution in [0.3, 0.4) is 0 Å². The lowest BCUT2D eigenvalue weighted by atomic mass is 9.64. The van der Waals surface area contributed by atoms with Crippen LogP contribution in [0.1, 0.15) is 37.0 Å². The second-order valence-electron chi connectivity index (χ2n) is 12.0. The Balaban J connectivity index is 1.46. The molecule has 2 unspecified atom stereocenters. The Bertz CT molecular complexity index is 1530. The van der Waals surface area contributed by atoms with Crippen molar-refractivity contribution in [3.8, 4) is 5.75 Å². The SMILES string of the molecule is COc1ccc(COC2O[C@@H]3C(OC(C)=O)[C@@H](OCc4ccccc4)[C@@](NC(C)=O)([C@@H]2OCc2ccccc2)[C@@H]2CC(=O)O[C@@H]32)cc1. The van der Waals surface area contributed by atoms with Crippen molar-refractivity contribution in [2.45, 2.75) is 82.4 Å². The fourth-order valence-electron chi connectivity index (χ4n) is 6.99. The highest BCUT2D eigenvalue weighted by atomic mass is 16.7. The van der Waals surface area contributed by atoms with Crippen molar-refractivity contribution in [2.24, 2.45) is 5.92 Å². The molecule has 0 spiro atoms. The maximum Gasteiger partial charge on any atom is 0.306 e. The first kappa shape index (κ1) is 32.6. The van der Waals surface area contributed by atoms with Crippen LogP contribution < -0.4 is 10.1 Å². The van der Waals surface area contributed by atoms with Crippen LogP contribution in [0.25, 0.3) is 0 Å². The molecule has 0 aromatic heterocycles. The molecule has 1 amide bonds. The first-order valence-corrected chi connectivity index (χ1v) is 15.6. The molecule has 47 heavy (non-hydrogen) atoms. The molecule has 11 heteroatoms. The van der Waals surface area contributed by atoms with Gasteiger partial charge in [-0.1, -0.05) is 72.8 Å². The zero-order valence-corrected chi connectivity index (χ0v) is 26.5. The third-order valence-corrected chi connectivity index (χ3v) is 8.90. The Labute approximate surface area is 273 Å².